The van der Waals surface area contributed by atoms with Crippen molar-refractivity contribution in [3.05, 3.63) is 52.3 Å². The normalized spacial score (nSPS) is 12.2. The summed E-state index contributed by atoms with van der Waals surface area (Å²) in [6.45, 7) is 6.07. The van der Waals surface area contributed by atoms with E-state index in [4.69, 9.17) is 0 Å². The summed E-state index contributed by atoms with van der Waals surface area (Å²) in [4.78, 5) is 5.08. The van der Waals surface area contributed by atoms with E-state index in [1.807, 2.05) is 12.3 Å². The second kappa shape index (κ2) is 6.21. The third-order valence-electron chi connectivity index (χ3n) is 2.56. The summed E-state index contributed by atoms with van der Waals surface area (Å²) in [7, 11) is 0. The van der Waals surface area contributed by atoms with E-state index >= 15 is 0 Å². The van der Waals surface area contributed by atoms with Gasteiger partial charge in [0.15, 0.2) is 11.5 Å². The molecule has 1 aromatic carbocycles. The predicted octanol–water partition coefficient (Wildman–Crippen LogP) is 2.24. The molecule has 1 aromatic heterocycles. The third kappa shape index (κ3) is 2.97. The third-order valence-corrected chi connectivity index (χ3v) is 3.54. The number of nitrogens with zero attached hydrogens (tertiary/aromatic N) is 3. The molecule has 0 unspecified atom stereocenters. The Hall–Kier alpha value is -2.34. The Morgan fingerprint density at radius 1 is 1.40 bits per heavy atom. The van der Waals surface area contributed by atoms with Crippen LogP contribution in [0.4, 0.5) is 0 Å². The van der Waals surface area contributed by atoms with Crippen molar-refractivity contribution in [2.75, 3.05) is 6.54 Å². The van der Waals surface area contributed by atoms with Crippen LogP contribution in [0.3, 0.4) is 0 Å². The molecule has 1 heterocycles. The summed E-state index contributed by atoms with van der Waals surface area (Å²) in [5.74, 6) is -0.355. The van der Waals surface area contributed by atoms with Gasteiger partial charge in [0.25, 0.3) is 0 Å². The van der Waals surface area contributed by atoms with Crippen molar-refractivity contribution in [2.45, 2.75) is 6.92 Å². The average molecular weight is 289 g/mol. The van der Waals surface area contributed by atoms with Gasteiger partial charge in [0.05, 0.1) is 18.5 Å². The van der Waals surface area contributed by atoms with Crippen LogP contribution >= 0.6 is 11.3 Å². The zero-order valence-corrected chi connectivity index (χ0v) is 11.8. The first-order chi connectivity index (χ1) is 9.63. The van der Waals surface area contributed by atoms with Crippen molar-refractivity contribution in [3.8, 4) is 11.5 Å². The molecule has 0 spiro atoms. The average Bonchev–Trinajstić information content (AvgIpc) is 2.79. The van der Waals surface area contributed by atoms with E-state index in [0.29, 0.717) is 12.1 Å². The first-order valence-electron chi connectivity index (χ1n) is 5.97. The molecule has 0 atom stereocenters. The Morgan fingerprint density at radius 3 is 2.95 bits per heavy atom. The molecule has 0 fully saturated rings. The number of aryl methyl sites for hydroxylation is 1. The molecule has 0 aliphatic rings. The minimum Gasteiger partial charge on any atom is -0.504 e. The molecule has 0 bridgehead atoms. The van der Waals surface area contributed by atoms with Crippen molar-refractivity contribution in [3.63, 3.8) is 0 Å². The molecule has 20 heavy (non-hydrogen) atoms. The minimum atomic E-state index is -0.186. The molecular formula is C14H15N3O2S. The molecule has 2 rings (SSSR count). The second-order valence-electron chi connectivity index (χ2n) is 4.06. The lowest BCUT2D eigenvalue weighted by atomic mass is 10.2. The van der Waals surface area contributed by atoms with E-state index in [1.54, 1.807) is 22.9 Å². The van der Waals surface area contributed by atoms with Crippen LogP contribution in [-0.2, 0) is 0 Å². The molecule has 0 saturated carbocycles. The van der Waals surface area contributed by atoms with Crippen LogP contribution in [0.15, 0.2) is 46.3 Å². The van der Waals surface area contributed by atoms with Crippen molar-refractivity contribution < 1.29 is 10.2 Å². The van der Waals surface area contributed by atoms with Crippen LogP contribution in [-0.4, -0.2) is 27.6 Å². The molecule has 5 nitrogen and oxygen atoms in total. The van der Waals surface area contributed by atoms with E-state index < -0.39 is 0 Å². The standard InChI is InChI=1S/C14H15N3O2S/c1-3-7-15-14-17(10(2)9-20-14)16-8-11-5-4-6-12(18)13(11)19/h3-6,8-9,18-19H,1,7H2,2H3. The SMILES string of the molecule is C=CCN=c1scc(C)n1N=Cc1cccc(O)c1O. The minimum absolute atomic E-state index is 0.169. The van der Waals surface area contributed by atoms with Crippen molar-refractivity contribution in [1.82, 2.24) is 4.68 Å². The van der Waals surface area contributed by atoms with Crippen molar-refractivity contribution in [2.24, 2.45) is 10.1 Å². The number of phenols is 2. The predicted molar refractivity (Wildman–Crippen MR) is 80.4 cm³/mol. The van der Waals surface area contributed by atoms with Gasteiger partial charge in [0.2, 0.25) is 4.80 Å². The van der Waals surface area contributed by atoms with Crippen LogP contribution in [0.5, 0.6) is 11.5 Å². The number of para-hydroxylation sites is 1. The van der Waals surface area contributed by atoms with E-state index in [-0.39, 0.29) is 11.5 Å². The highest BCUT2D eigenvalue weighted by molar-refractivity contribution is 7.07. The summed E-state index contributed by atoms with van der Waals surface area (Å²) in [6, 6.07) is 4.73. The Balaban J connectivity index is 2.39. The van der Waals surface area contributed by atoms with E-state index in [2.05, 4.69) is 16.7 Å². The molecule has 0 saturated heterocycles. The fourth-order valence-electron chi connectivity index (χ4n) is 1.55. The van der Waals surface area contributed by atoms with Crippen LogP contribution in [0.2, 0.25) is 0 Å². The fraction of sp³-hybridized carbons (Fsp3) is 0.143. The van der Waals surface area contributed by atoms with Gasteiger partial charge in [-0.1, -0.05) is 12.1 Å². The Labute approximate surface area is 120 Å². The summed E-state index contributed by atoms with van der Waals surface area (Å²) in [5, 5.41) is 25.4. The lowest BCUT2D eigenvalue weighted by Gasteiger charge is -2.01. The number of hydrogen-bond donors (Lipinski definition) is 2. The maximum atomic E-state index is 9.72. The topological polar surface area (TPSA) is 70.1 Å². The molecular weight excluding hydrogens is 274 g/mol. The van der Waals surface area contributed by atoms with E-state index in [0.717, 1.165) is 10.5 Å². The lowest BCUT2D eigenvalue weighted by Crippen LogP contribution is -2.12. The van der Waals surface area contributed by atoms with Crippen LogP contribution in [0, 0.1) is 6.92 Å². The number of rotatable bonds is 4. The summed E-state index contributed by atoms with van der Waals surface area (Å²) >= 11 is 1.48. The highest BCUT2D eigenvalue weighted by atomic mass is 32.1. The number of phenolic OH excluding ortho intramolecular Hbond substituents is 2. The van der Waals surface area contributed by atoms with Crippen molar-refractivity contribution in [1.29, 1.82) is 0 Å². The zero-order valence-electron chi connectivity index (χ0n) is 11.0. The van der Waals surface area contributed by atoms with Crippen LogP contribution in [0.1, 0.15) is 11.3 Å². The Bertz CT molecular complexity index is 713. The first kappa shape index (κ1) is 14.1. The smallest absolute Gasteiger partial charge is 0.206 e. The molecule has 0 aliphatic carbocycles. The van der Waals surface area contributed by atoms with Gasteiger partial charge >= 0.3 is 0 Å². The van der Waals surface area contributed by atoms with E-state index in [9.17, 15) is 10.2 Å². The van der Waals surface area contributed by atoms with Gasteiger partial charge in [-0.3, -0.25) is 4.99 Å². The molecule has 0 radical (unpaired) electrons. The molecule has 0 aliphatic heterocycles. The molecule has 104 valence electrons. The maximum absolute atomic E-state index is 9.72. The lowest BCUT2D eigenvalue weighted by molar-refractivity contribution is 0.403. The second-order valence-corrected chi connectivity index (χ2v) is 4.90. The number of benzene rings is 1. The fourth-order valence-corrected chi connectivity index (χ4v) is 2.36. The number of aromatic nitrogens is 1. The van der Waals surface area contributed by atoms with Gasteiger partial charge in [0, 0.05) is 10.9 Å². The maximum Gasteiger partial charge on any atom is 0.206 e. The van der Waals surface area contributed by atoms with Gasteiger partial charge in [-0.05, 0) is 19.1 Å². The van der Waals surface area contributed by atoms with Crippen LogP contribution < -0.4 is 4.80 Å². The monoisotopic (exact) mass is 289 g/mol. The number of thiazole rings is 1. The number of hydrogen-bond acceptors (Lipinski definition) is 5. The highest BCUT2D eigenvalue weighted by Crippen LogP contribution is 2.26. The Morgan fingerprint density at radius 2 is 2.20 bits per heavy atom. The van der Waals surface area contributed by atoms with Gasteiger partial charge in [0.1, 0.15) is 0 Å². The first-order valence-corrected chi connectivity index (χ1v) is 6.85. The number of aromatic hydroxyl groups is 2. The van der Waals surface area contributed by atoms with Crippen molar-refractivity contribution >= 4 is 17.6 Å². The van der Waals surface area contributed by atoms with Gasteiger partial charge < -0.3 is 10.2 Å². The van der Waals surface area contributed by atoms with Gasteiger partial charge in [-0.25, -0.2) is 4.68 Å². The summed E-state index contributed by atoms with van der Waals surface area (Å²) in [5.41, 5.74) is 1.38. The molecule has 0 amide bonds. The molecule has 2 N–H and O–H groups in total. The highest BCUT2D eigenvalue weighted by Gasteiger charge is 2.04. The summed E-state index contributed by atoms with van der Waals surface area (Å²) < 4.78 is 1.68. The largest absolute Gasteiger partial charge is 0.504 e. The molecule has 2 aromatic rings. The Kier molecular flexibility index (Phi) is 4.37. The quantitative estimate of drug-likeness (QED) is 0.515. The van der Waals surface area contributed by atoms with E-state index in [1.165, 1.54) is 23.6 Å². The summed E-state index contributed by atoms with van der Waals surface area (Å²) in [6.07, 6.45) is 3.20. The zero-order chi connectivity index (χ0) is 14.5. The van der Waals surface area contributed by atoms with Gasteiger partial charge in [-0.15, -0.1) is 17.9 Å². The molecule has 6 heteroatoms. The van der Waals surface area contributed by atoms with Gasteiger partial charge in [-0.2, -0.15) is 5.10 Å². The van der Waals surface area contributed by atoms with Crippen LogP contribution in [0.25, 0.3) is 0 Å².